The second-order valence-electron chi connectivity index (χ2n) is 21.5. The molecule has 1 spiro atoms. The fourth-order valence-corrected chi connectivity index (χ4v) is 14.3. The number of fused-ring (bicyclic) bond motifs is 15. The summed E-state index contributed by atoms with van der Waals surface area (Å²) in [5, 5.41) is 4.99. The molecule has 15 rings (SSSR count). The van der Waals surface area contributed by atoms with Gasteiger partial charge in [-0.3, -0.25) is 0 Å². The molecule has 10 aromatic rings. The fraction of sp³-hybridized carbons (Fsp3) is 0.111. The molecule has 5 unspecified atom stereocenters. The number of rotatable bonds is 6. The van der Waals surface area contributed by atoms with Crippen molar-refractivity contribution < 1.29 is 0 Å². The highest BCUT2D eigenvalue weighted by atomic mass is 15.1. The molecule has 1 nitrogen and oxygen atoms in total. The van der Waals surface area contributed by atoms with Crippen LogP contribution in [0.25, 0.3) is 66.1 Å². The molecule has 0 heterocycles. The SMILES string of the molecule is CC1(C)c2cc(-c3cccc(N(c4ccc(-c5ccc6ccccc6c5-c5ccc6ccccc6c5)cc4)c4ccc5c(c4)C4(c6ccccc6-5)c5ccccc5C5C=CC=CC54)c3)ccc2C2C=CC=CC21. The first-order valence-electron chi connectivity index (χ1n) is 26.2. The van der Waals surface area contributed by atoms with Gasteiger partial charge in [-0.2, -0.15) is 0 Å². The summed E-state index contributed by atoms with van der Waals surface area (Å²) in [6, 6.07) is 80.7. The molecule has 0 radical (unpaired) electrons. The van der Waals surface area contributed by atoms with E-state index in [9.17, 15) is 0 Å². The maximum Gasteiger partial charge on any atom is 0.0538 e. The van der Waals surface area contributed by atoms with Crippen LogP contribution in [0.5, 0.6) is 0 Å². The number of hydrogen-bond donors (Lipinski definition) is 0. The van der Waals surface area contributed by atoms with E-state index in [4.69, 9.17) is 0 Å². The van der Waals surface area contributed by atoms with Crippen molar-refractivity contribution in [2.45, 2.75) is 36.5 Å². The highest BCUT2D eigenvalue weighted by molar-refractivity contribution is 6.06. The molecule has 0 bridgehead atoms. The van der Waals surface area contributed by atoms with Crippen LogP contribution in [0.15, 0.2) is 261 Å². The minimum atomic E-state index is -0.337. The van der Waals surface area contributed by atoms with E-state index in [1.165, 1.54) is 99.4 Å². The molecule has 0 aliphatic heterocycles. The third-order valence-electron chi connectivity index (χ3n) is 17.6. The molecule has 346 valence electrons. The van der Waals surface area contributed by atoms with E-state index >= 15 is 0 Å². The van der Waals surface area contributed by atoms with Gasteiger partial charge in [0.25, 0.3) is 0 Å². The molecule has 1 heteroatoms. The van der Waals surface area contributed by atoms with E-state index in [0.29, 0.717) is 17.8 Å². The Morgan fingerprint density at radius 3 is 1.81 bits per heavy atom. The molecule has 10 aromatic carbocycles. The molecule has 0 fully saturated rings. The van der Waals surface area contributed by atoms with Gasteiger partial charge in [0.15, 0.2) is 0 Å². The van der Waals surface area contributed by atoms with Crippen molar-refractivity contribution in [3.05, 3.63) is 294 Å². The number of benzene rings is 10. The summed E-state index contributed by atoms with van der Waals surface area (Å²) in [6.45, 7) is 4.86. The van der Waals surface area contributed by atoms with Crippen LogP contribution in [0, 0.1) is 11.8 Å². The van der Waals surface area contributed by atoms with Crippen molar-refractivity contribution in [3.63, 3.8) is 0 Å². The number of hydrogen-bond acceptors (Lipinski definition) is 1. The lowest BCUT2D eigenvalue weighted by molar-refractivity contribution is 0.394. The molecule has 73 heavy (non-hydrogen) atoms. The van der Waals surface area contributed by atoms with Gasteiger partial charge in [-0.1, -0.05) is 232 Å². The normalized spacial score (nSPS) is 21.0. The second-order valence-corrected chi connectivity index (χ2v) is 21.5. The first-order valence-corrected chi connectivity index (χ1v) is 26.2. The molecule has 0 amide bonds. The fourth-order valence-electron chi connectivity index (χ4n) is 14.3. The summed E-state index contributed by atoms with van der Waals surface area (Å²) < 4.78 is 0. The van der Waals surface area contributed by atoms with Crippen molar-refractivity contribution in [1.82, 2.24) is 0 Å². The molecule has 0 aromatic heterocycles. The standard InChI is InChI=1S/C72H53N/c1-71(2)64-26-11-7-22-58(64)62-40-35-51(44-68(62)71)50-19-15-20-54(43-50)73(53-36-32-48(33-37-53)57-39-34-47-17-5-6-21-56(47)70(57)52-31-30-46-16-3-4-18-49(46)42-52)55-38-41-63-61-25-10-14-29-67(61)72(69(63)45-55)65-27-12-8-23-59(65)60-24-9-13-28-66(60)72/h3-45,58-59,64-65H,1-2H3. The van der Waals surface area contributed by atoms with Crippen LogP contribution in [0.1, 0.15) is 59.1 Å². The van der Waals surface area contributed by atoms with Gasteiger partial charge in [-0.05, 0) is 153 Å². The predicted octanol–water partition coefficient (Wildman–Crippen LogP) is 18.7. The van der Waals surface area contributed by atoms with Crippen molar-refractivity contribution >= 4 is 38.6 Å². The van der Waals surface area contributed by atoms with Crippen LogP contribution in [-0.2, 0) is 10.8 Å². The Bertz CT molecular complexity index is 4050. The first kappa shape index (κ1) is 42.2. The zero-order valence-electron chi connectivity index (χ0n) is 41.1. The van der Waals surface area contributed by atoms with Gasteiger partial charge in [-0.15, -0.1) is 0 Å². The van der Waals surface area contributed by atoms with Gasteiger partial charge < -0.3 is 4.90 Å². The van der Waals surface area contributed by atoms with Crippen LogP contribution >= 0.6 is 0 Å². The Morgan fingerprint density at radius 2 is 0.945 bits per heavy atom. The molecule has 0 saturated heterocycles. The van der Waals surface area contributed by atoms with Gasteiger partial charge >= 0.3 is 0 Å². The smallest absolute Gasteiger partial charge is 0.0538 e. The molecule has 5 aliphatic carbocycles. The van der Waals surface area contributed by atoms with Crippen molar-refractivity contribution in [2.24, 2.45) is 11.8 Å². The van der Waals surface area contributed by atoms with E-state index in [1.54, 1.807) is 0 Å². The monoisotopic (exact) mass is 931 g/mol. The lowest BCUT2D eigenvalue weighted by Crippen LogP contribution is -2.33. The van der Waals surface area contributed by atoms with E-state index in [-0.39, 0.29) is 16.7 Å². The van der Waals surface area contributed by atoms with Crippen molar-refractivity contribution in [3.8, 4) is 44.5 Å². The zero-order valence-corrected chi connectivity index (χ0v) is 41.1. The van der Waals surface area contributed by atoms with E-state index in [2.05, 4.69) is 280 Å². The lowest BCUT2D eigenvalue weighted by atomic mass is 9.65. The van der Waals surface area contributed by atoms with Gasteiger partial charge in [0, 0.05) is 34.8 Å². The van der Waals surface area contributed by atoms with Crippen molar-refractivity contribution in [1.29, 1.82) is 0 Å². The minimum absolute atomic E-state index is 0.0288. The predicted molar refractivity (Wildman–Crippen MR) is 306 cm³/mol. The van der Waals surface area contributed by atoms with Crippen LogP contribution in [0.4, 0.5) is 17.1 Å². The summed E-state index contributed by atoms with van der Waals surface area (Å²) in [5.41, 5.74) is 21.6. The largest absolute Gasteiger partial charge is 0.310 e. The molecule has 0 saturated carbocycles. The molecular formula is C72H53N. The Morgan fingerprint density at radius 1 is 0.342 bits per heavy atom. The Kier molecular flexibility index (Phi) is 9.24. The highest BCUT2D eigenvalue weighted by Crippen LogP contribution is 2.66. The quantitative estimate of drug-likeness (QED) is 0.161. The lowest BCUT2D eigenvalue weighted by Gasteiger charge is -2.37. The molecule has 0 N–H and O–H groups in total. The maximum atomic E-state index is 2.54. The average molecular weight is 932 g/mol. The summed E-state index contributed by atoms with van der Waals surface area (Å²) in [4.78, 5) is 2.51. The van der Waals surface area contributed by atoms with Crippen LogP contribution < -0.4 is 4.90 Å². The zero-order chi connectivity index (χ0) is 48.4. The third kappa shape index (κ3) is 6.15. The van der Waals surface area contributed by atoms with Crippen LogP contribution in [0.2, 0.25) is 0 Å². The number of anilines is 3. The Hall–Kier alpha value is -8.52. The average Bonchev–Trinajstić information content (AvgIpc) is 4.01. The van der Waals surface area contributed by atoms with Crippen LogP contribution in [0.3, 0.4) is 0 Å². The number of allylic oxidation sites excluding steroid dienone is 8. The summed E-state index contributed by atoms with van der Waals surface area (Å²) in [5.74, 6) is 1.43. The maximum absolute atomic E-state index is 2.54. The van der Waals surface area contributed by atoms with E-state index in [0.717, 1.165) is 17.1 Å². The summed E-state index contributed by atoms with van der Waals surface area (Å²) >= 11 is 0. The van der Waals surface area contributed by atoms with Gasteiger partial charge in [0.05, 0.1) is 5.41 Å². The topological polar surface area (TPSA) is 3.24 Å². The minimum Gasteiger partial charge on any atom is -0.310 e. The first-order chi connectivity index (χ1) is 35.9. The van der Waals surface area contributed by atoms with Crippen molar-refractivity contribution in [2.75, 3.05) is 4.90 Å². The van der Waals surface area contributed by atoms with Gasteiger partial charge in [-0.25, -0.2) is 0 Å². The Labute approximate surface area is 428 Å². The van der Waals surface area contributed by atoms with Gasteiger partial charge in [0.1, 0.15) is 0 Å². The molecular weight excluding hydrogens is 879 g/mol. The molecule has 5 atom stereocenters. The van der Waals surface area contributed by atoms with Gasteiger partial charge in [0.2, 0.25) is 0 Å². The Balaban J connectivity index is 0.910. The summed E-state index contributed by atoms with van der Waals surface area (Å²) in [7, 11) is 0. The second kappa shape index (κ2) is 16.0. The van der Waals surface area contributed by atoms with E-state index in [1.807, 2.05) is 0 Å². The van der Waals surface area contributed by atoms with Crippen LogP contribution in [-0.4, -0.2) is 0 Å². The summed E-state index contributed by atoms with van der Waals surface area (Å²) in [6.07, 6.45) is 18.7. The van der Waals surface area contributed by atoms with E-state index < -0.39 is 0 Å². The molecule has 5 aliphatic rings. The number of nitrogens with zero attached hydrogens (tertiary/aromatic N) is 1. The highest BCUT2D eigenvalue weighted by Gasteiger charge is 2.57. The third-order valence-corrected chi connectivity index (χ3v) is 17.6.